The van der Waals surface area contributed by atoms with Crippen LogP contribution in [0.15, 0.2) is 29.9 Å². The van der Waals surface area contributed by atoms with Gasteiger partial charge in [0.25, 0.3) is 0 Å². The maximum atomic E-state index is 9.38. The van der Waals surface area contributed by atoms with Gasteiger partial charge in [-0.2, -0.15) is 0 Å². The van der Waals surface area contributed by atoms with E-state index < -0.39 is 0 Å². The Kier molecular flexibility index (Phi) is 3.86. The molecule has 17 heavy (non-hydrogen) atoms. The molecule has 0 saturated heterocycles. The van der Waals surface area contributed by atoms with Gasteiger partial charge in [-0.15, -0.1) is 11.3 Å². The summed E-state index contributed by atoms with van der Waals surface area (Å²) in [6.45, 7) is 4.35. The predicted molar refractivity (Wildman–Crippen MR) is 70.0 cm³/mol. The van der Waals surface area contributed by atoms with E-state index in [-0.39, 0.29) is 12.5 Å². The fourth-order valence-electron chi connectivity index (χ4n) is 1.72. The van der Waals surface area contributed by atoms with Crippen LogP contribution in [0.3, 0.4) is 0 Å². The minimum Gasteiger partial charge on any atom is -0.396 e. The maximum absolute atomic E-state index is 9.38. The number of hydrogen-bond acceptors (Lipinski definition) is 4. The van der Waals surface area contributed by atoms with Gasteiger partial charge in [-0.1, -0.05) is 13.8 Å². The lowest BCUT2D eigenvalue weighted by molar-refractivity contribution is 0.235. The van der Waals surface area contributed by atoms with E-state index in [1.165, 1.54) is 0 Å². The second-order valence-corrected chi connectivity index (χ2v) is 5.21. The van der Waals surface area contributed by atoms with E-state index in [2.05, 4.69) is 23.8 Å². The van der Waals surface area contributed by atoms with Crippen molar-refractivity contribution in [2.45, 2.75) is 19.8 Å². The van der Waals surface area contributed by atoms with Gasteiger partial charge in [0.15, 0.2) is 0 Å². The van der Waals surface area contributed by atoms with E-state index in [1.54, 1.807) is 17.5 Å². The number of thiazole rings is 1. The van der Waals surface area contributed by atoms with Crippen LogP contribution >= 0.6 is 11.3 Å². The van der Waals surface area contributed by atoms with Crippen LogP contribution in [0.2, 0.25) is 0 Å². The molecule has 2 heterocycles. The summed E-state index contributed by atoms with van der Waals surface area (Å²) < 4.78 is 0. The Hall–Kier alpha value is -1.26. The van der Waals surface area contributed by atoms with Crippen LogP contribution in [0.25, 0.3) is 10.6 Å². The largest absolute Gasteiger partial charge is 0.396 e. The Morgan fingerprint density at radius 3 is 2.82 bits per heavy atom. The maximum Gasteiger partial charge on any atom is 0.125 e. The van der Waals surface area contributed by atoms with Crippen molar-refractivity contribution in [3.8, 4) is 10.6 Å². The predicted octanol–water partition coefficient (Wildman–Crippen LogP) is 2.94. The Morgan fingerprint density at radius 2 is 2.24 bits per heavy atom. The molecule has 2 aromatic heterocycles. The van der Waals surface area contributed by atoms with Gasteiger partial charge in [0.2, 0.25) is 0 Å². The second kappa shape index (κ2) is 5.38. The van der Waals surface area contributed by atoms with E-state index in [0.29, 0.717) is 5.92 Å². The summed E-state index contributed by atoms with van der Waals surface area (Å²) in [4.78, 5) is 8.68. The summed E-state index contributed by atoms with van der Waals surface area (Å²) >= 11 is 1.60. The molecule has 0 saturated carbocycles. The number of aliphatic hydroxyl groups is 1. The van der Waals surface area contributed by atoms with Gasteiger partial charge in [0.05, 0.1) is 12.3 Å². The Bertz CT molecular complexity index is 467. The minimum absolute atomic E-state index is 0.122. The highest BCUT2D eigenvalue weighted by molar-refractivity contribution is 7.13. The van der Waals surface area contributed by atoms with E-state index in [9.17, 15) is 5.11 Å². The van der Waals surface area contributed by atoms with Crippen LogP contribution in [-0.2, 0) is 0 Å². The fourth-order valence-corrected chi connectivity index (χ4v) is 2.60. The van der Waals surface area contributed by atoms with Gasteiger partial charge >= 0.3 is 0 Å². The zero-order valence-corrected chi connectivity index (χ0v) is 10.8. The van der Waals surface area contributed by atoms with Crippen molar-refractivity contribution in [1.29, 1.82) is 0 Å². The second-order valence-electron chi connectivity index (χ2n) is 4.35. The molecule has 1 N–H and O–H groups in total. The van der Waals surface area contributed by atoms with Crippen LogP contribution in [0.1, 0.15) is 25.5 Å². The van der Waals surface area contributed by atoms with E-state index in [1.807, 2.05) is 23.7 Å². The number of nitrogens with zero attached hydrogens (tertiary/aromatic N) is 2. The molecule has 1 unspecified atom stereocenters. The monoisotopic (exact) mass is 248 g/mol. The number of rotatable bonds is 4. The quantitative estimate of drug-likeness (QED) is 0.905. The van der Waals surface area contributed by atoms with Crippen molar-refractivity contribution in [2.75, 3.05) is 6.61 Å². The average Bonchev–Trinajstić information content (AvgIpc) is 2.80. The summed E-state index contributed by atoms with van der Waals surface area (Å²) in [5.41, 5.74) is 2.01. The molecule has 1 atom stereocenters. The zero-order chi connectivity index (χ0) is 12.3. The first-order valence-corrected chi connectivity index (χ1v) is 6.57. The van der Waals surface area contributed by atoms with E-state index >= 15 is 0 Å². The summed E-state index contributed by atoms with van der Waals surface area (Å²) in [6.07, 6.45) is 3.56. The van der Waals surface area contributed by atoms with Crippen molar-refractivity contribution < 1.29 is 5.11 Å². The lowest BCUT2D eigenvalue weighted by Gasteiger charge is -2.15. The topological polar surface area (TPSA) is 46.0 Å². The molecule has 0 fully saturated rings. The lowest BCUT2D eigenvalue weighted by Crippen LogP contribution is -2.11. The SMILES string of the molecule is CC(C)C(CO)c1csc(-c2cccnc2)n1. The smallest absolute Gasteiger partial charge is 0.125 e. The number of aliphatic hydroxyl groups excluding tert-OH is 1. The van der Waals surface area contributed by atoms with Gasteiger partial charge in [-0.3, -0.25) is 4.98 Å². The molecular weight excluding hydrogens is 232 g/mol. The first-order chi connectivity index (χ1) is 8.22. The summed E-state index contributed by atoms with van der Waals surface area (Å²) in [5, 5.41) is 12.4. The summed E-state index contributed by atoms with van der Waals surface area (Å²) in [5.74, 6) is 0.514. The number of pyridine rings is 1. The molecule has 4 heteroatoms. The molecule has 0 aliphatic heterocycles. The van der Waals surface area contributed by atoms with Crippen molar-refractivity contribution in [3.05, 3.63) is 35.6 Å². The molecule has 0 amide bonds. The van der Waals surface area contributed by atoms with Crippen LogP contribution in [-0.4, -0.2) is 21.7 Å². The highest BCUT2D eigenvalue weighted by atomic mass is 32.1. The minimum atomic E-state index is 0.122. The van der Waals surface area contributed by atoms with E-state index in [0.717, 1.165) is 16.3 Å². The van der Waals surface area contributed by atoms with Gasteiger partial charge in [-0.25, -0.2) is 4.98 Å². The molecule has 0 aliphatic carbocycles. The molecular formula is C13H16N2OS. The molecule has 90 valence electrons. The first kappa shape index (κ1) is 12.2. The molecule has 0 aliphatic rings. The zero-order valence-electron chi connectivity index (χ0n) is 10.00. The van der Waals surface area contributed by atoms with Crippen molar-refractivity contribution in [3.63, 3.8) is 0 Å². The summed E-state index contributed by atoms with van der Waals surface area (Å²) in [6, 6.07) is 3.90. The van der Waals surface area contributed by atoms with Crippen LogP contribution in [0.5, 0.6) is 0 Å². The third-order valence-electron chi connectivity index (χ3n) is 2.81. The molecule has 0 spiro atoms. The Balaban J connectivity index is 2.27. The third-order valence-corrected chi connectivity index (χ3v) is 3.72. The normalized spacial score (nSPS) is 12.9. The Labute approximate surface area is 105 Å². The number of hydrogen-bond donors (Lipinski definition) is 1. The molecule has 2 aromatic rings. The highest BCUT2D eigenvalue weighted by Crippen LogP contribution is 2.29. The molecule has 2 rings (SSSR count). The average molecular weight is 248 g/mol. The molecule has 3 nitrogen and oxygen atoms in total. The van der Waals surface area contributed by atoms with Crippen LogP contribution in [0, 0.1) is 5.92 Å². The van der Waals surface area contributed by atoms with Crippen molar-refractivity contribution in [1.82, 2.24) is 9.97 Å². The summed E-state index contributed by atoms with van der Waals surface area (Å²) in [7, 11) is 0. The fraction of sp³-hybridized carbons (Fsp3) is 0.385. The molecule has 0 aromatic carbocycles. The standard InChI is InChI=1S/C13H16N2OS/c1-9(2)11(7-16)12-8-17-13(15-12)10-4-3-5-14-6-10/h3-6,8-9,11,16H,7H2,1-2H3. The van der Waals surface area contributed by atoms with Crippen molar-refractivity contribution in [2.24, 2.45) is 5.92 Å². The van der Waals surface area contributed by atoms with Crippen molar-refractivity contribution >= 4 is 11.3 Å². The lowest BCUT2D eigenvalue weighted by atomic mass is 9.94. The highest BCUT2D eigenvalue weighted by Gasteiger charge is 2.18. The van der Waals surface area contributed by atoms with Gasteiger partial charge in [0.1, 0.15) is 5.01 Å². The van der Waals surface area contributed by atoms with Gasteiger partial charge in [-0.05, 0) is 18.1 Å². The van der Waals surface area contributed by atoms with Gasteiger partial charge < -0.3 is 5.11 Å². The third kappa shape index (κ3) is 2.70. The van der Waals surface area contributed by atoms with Crippen LogP contribution in [0.4, 0.5) is 0 Å². The number of aromatic nitrogens is 2. The first-order valence-electron chi connectivity index (χ1n) is 5.69. The molecule has 0 radical (unpaired) electrons. The molecule has 0 bridgehead atoms. The van der Waals surface area contributed by atoms with E-state index in [4.69, 9.17) is 0 Å². The van der Waals surface area contributed by atoms with Crippen LogP contribution < -0.4 is 0 Å². The van der Waals surface area contributed by atoms with Gasteiger partial charge in [0, 0.05) is 29.3 Å². The Morgan fingerprint density at radius 1 is 1.41 bits per heavy atom.